The van der Waals surface area contributed by atoms with Crippen molar-refractivity contribution in [3.05, 3.63) is 71.7 Å². The van der Waals surface area contributed by atoms with Crippen molar-refractivity contribution in [3.63, 3.8) is 0 Å². The Labute approximate surface area is 212 Å². The van der Waals surface area contributed by atoms with E-state index >= 15 is 0 Å². The summed E-state index contributed by atoms with van der Waals surface area (Å²) in [6, 6.07) is 14.8. The number of anilines is 1. The number of benzene rings is 2. The highest BCUT2D eigenvalue weighted by molar-refractivity contribution is 7.89. The average Bonchev–Trinajstić information content (AvgIpc) is 3.20. The zero-order valence-corrected chi connectivity index (χ0v) is 21.9. The van der Waals surface area contributed by atoms with Crippen LogP contribution in [0, 0.1) is 12.7 Å². The summed E-state index contributed by atoms with van der Waals surface area (Å²) in [7, 11) is -0.0743. The van der Waals surface area contributed by atoms with Crippen LogP contribution in [0.25, 0.3) is 5.69 Å². The number of aryl methyl sites for hydroxylation is 1. The molecule has 2 heterocycles. The lowest BCUT2D eigenvalue weighted by Crippen LogP contribution is -2.45. The van der Waals surface area contributed by atoms with E-state index in [1.807, 2.05) is 13.0 Å². The molecule has 1 saturated heterocycles. The summed E-state index contributed by atoms with van der Waals surface area (Å²) in [5, 5.41) is 4.77. The van der Waals surface area contributed by atoms with E-state index in [4.69, 9.17) is 9.84 Å². The van der Waals surface area contributed by atoms with Gasteiger partial charge in [-0.05, 0) is 50.7 Å². The minimum absolute atomic E-state index is 0.157. The van der Waals surface area contributed by atoms with Gasteiger partial charge in [0, 0.05) is 58.5 Å². The van der Waals surface area contributed by atoms with Crippen molar-refractivity contribution in [2.24, 2.45) is 0 Å². The van der Waals surface area contributed by atoms with Crippen molar-refractivity contribution in [2.75, 3.05) is 58.4 Å². The van der Waals surface area contributed by atoms with Gasteiger partial charge in [0.2, 0.25) is 10.0 Å². The molecule has 1 aliphatic rings. The topological polar surface area (TPSA) is 70.9 Å². The van der Waals surface area contributed by atoms with Gasteiger partial charge in [-0.25, -0.2) is 17.5 Å². The molecule has 8 nitrogen and oxygen atoms in total. The average molecular weight is 516 g/mol. The molecule has 194 valence electrons. The van der Waals surface area contributed by atoms with Crippen molar-refractivity contribution in [1.82, 2.24) is 19.0 Å². The zero-order valence-electron chi connectivity index (χ0n) is 21.1. The third kappa shape index (κ3) is 5.78. The van der Waals surface area contributed by atoms with Gasteiger partial charge in [0.25, 0.3) is 0 Å². The summed E-state index contributed by atoms with van der Waals surface area (Å²) < 4.78 is 50.0. The van der Waals surface area contributed by atoms with Gasteiger partial charge >= 0.3 is 0 Å². The smallest absolute Gasteiger partial charge is 0.243 e. The van der Waals surface area contributed by atoms with Crippen LogP contribution in [0.1, 0.15) is 17.7 Å². The predicted molar refractivity (Wildman–Crippen MR) is 138 cm³/mol. The maximum atomic E-state index is 14.2. The van der Waals surface area contributed by atoms with Crippen LogP contribution in [-0.4, -0.2) is 80.9 Å². The van der Waals surface area contributed by atoms with Crippen LogP contribution in [0.2, 0.25) is 0 Å². The quantitative estimate of drug-likeness (QED) is 0.386. The Bertz CT molecular complexity index is 1260. The number of nitrogens with zero attached hydrogens (tertiary/aromatic N) is 5. The van der Waals surface area contributed by atoms with E-state index in [0.29, 0.717) is 31.0 Å². The Morgan fingerprint density at radius 2 is 1.78 bits per heavy atom. The molecule has 0 N–H and O–H groups in total. The summed E-state index contributed by atoms with van der Waals surface area (Å²) in [4.78, 5) is 4.73. The van der Waals surface area contributed by atoms with Gasteiger partial charge in [-0.1, -0.05) is 24.3 Å². The zero-order chi connectivity index (χ0) is 25.7. The van der Waals surface area contributed by atoms with Crippen LogP contribution in [0.5, 0.6) is 0 Å². The van der Waals surface area contributed by atoms with E-state index in [-0.39, 0.29) is 17.3 Å². The molecule has 0 atom stereocenters. The lowest BCUT2D eigenvalue weighted by Gasteiger charge is -2.35. The monoisotopic (exact) mass is 515 g/mol. The van der Waals surface area contributed by atoms with Crippen LogP contribution in [0.15, 0.2) is 59.5 Å². The van der Waals surface area contributed by atoms with Crippen molar-refractivity contribution in [2.45, 2.75) is 24.8 Å². The third-order valence-corrected chi connectivity index (χ3v) is 8.34. The fraction of sp³-hybridized carbons (Fsp3) is 0.423. The Hall–Kier alpha value is -2.79. The van der Waals surface area contributed by atoms with Crippen LogP contribution < -0.4 is 4.90 Å². The molecule has 36 heavy (non-hydrogen) atoms. The molecule has 0 radical (unpaired) electrons. The Morgan fingerprint density at radius 3 is 2.44 bits per heavy atom. The van der Waals surface area contributed by atoms with E-state index in [1.165, 1.54) is 16.4 Å². The van der Waals surface area contributed by atoms with Gasteiger partial charge in [-0.2, -0.15) is 9.40 Å². The highest BCUT2D eigenvalue weighted by atomic mass is 32.2. The van der Waals surface area contributed by atoms with E-state index in [0.717, 1.165) is 37.6 Å². The fourth-order valence-corrected chi connectivity index (χ4v) is 5.92. The molecule has 0 amide bonds. The first-order chi connectivity index (χ1) is 17.3. The van der Waals surface area contributed by atoms with Gasteiger partial charge in [-0.3, -0.25) is 0 Å². The molecule has 3 aromatic rings. The molecule has 0 aliphatic carbocycles. The second kappa shape index (κ2) is 11.5. The second-order valence-corrected chi connectivity index (χ2v) is 11.0. The predicted octanol–water partition coefficient (Wildman–Crippen LogP) is 3.30. The number of aromatic nitrogens is 2. The second-order valence-electron chi connectivity index (χ2n) is 9.07. The lowest BCUT2D eigenvalue weighted by atomic mass is 10.2. The highest BCUT2D eigenvalue weighted by Gasteiger charge is 2.30. The fourth-order valence-electron chi connectivity index (χ4n) is 4.45. The molecule has 10 heteroatoms. The molecular formula is C26H34FN5O3S. The summed E-state index contributed by atoms with van der Waals surface area (Å²) in [5.74, 6) is 0.464. The molecular weight excluding hydrogens is 481 g/mol. The highest BCUT2D eigenvalue weighted by Crippen LogP contribution is 2.31. The minimum Gasteiger partial charge on any atom is -0.385 e. The molecule has 1 aromatic heterocycles. The lowest BCUT2D eigenvalue weighted by molar-refractivity contribution is 0.186. The molecule has 1 fully saturated rings. The van der Waals surface area contributed by atoms with Gasteiger partial charge in [0.1, 0.15) is 11.6 Å². The molecule has 0 bridgehead atoms. The van der Waals surface area contributed by atoms with Crippen LogP contribution in [-0.2, 0) is 21.3 Å². The van der Waals surface area contributed by atoms with Crippen LogP contribution in [0.4, 0.5) is 10.2 Å². The summed E-state index contributed by atoms with van der Waals surface area (Å²) in [5.41, 5.74) is 2.14. The Balaban J connectivity index is 1.78. The number of rotatable bonds is 10. The number of halogens is 1. The summed E-state index contributed by atoms with van der Waals surface area (Å²) in [6.07, 6.45) is 0.559. The van der Waals surface area contributed by atoms with Gasteiger partial charge in [-0.15, -0.1) is 0 Å². The van der Waals surface area contributed by atoms with E-state index in [9.17, 15) is 12.8 Å². The number of hydrogen-bond acceptors (Lipinski definition) is 6. The molecule has 1 aliphatic heterocycles. The summed E-state index contributed by atoms with van der Waals surface area (Å²) in [6.45, 7) is 6.06. The van der Waals surface area contributed by atoms with E-state index in [2.05, 4.69) is 16.8 Å². The number of likely N-dealkylation sites (N-methyl/N-ethyl adjacent to an activating group) is 1. The molecule has 0 saturated carbocycles. The number of hydrogen-bond donors (Lipinski definition) is 0. The molecule has 4 rings (SSSR count). The normalized spacial score (nSPS) is 15.1. The Morgan fingerprint density at radius 1 is 1.06 bits per heavy atom. The van der Waals surface area contributed by atoms with E-state index < -0.39 is 10.0 Å². The first-order valence-corrected chi connectivity index (χ1v) is 13.6. The van der Waals surface area contributed by atoms with Crippen LogP contribution >= 0.6 is 0 Å². The van der Waals surface area contributed by atoms with Crippen LogP contribution in [0.3, 0.4) is 0 Å². The minimum atomic E-state index is -3.76. The van der Waals surface area contributed by atoms with Gasteiger partial charge < -0.3 is 14.5 Å². The molecule has 2 aromatic carbocycles. The molecule has 0 spiro atoms. The number of piperazine rings is 1. The first-order valence-electron chi connectivity index (χ1n) is 12.1. The van der Waals surface area contributed by atoms with Crippen molar-refractivity contribution in [3.8, 4) is 5.69 Å². The number of ether oxygens (including phenoxy) is 1. The SMILES string of the molecule is COCCCN(Cc1c(C)nn(-c2cccc(F)c2)c1N1CCN(C)CC1)S(=O)(=O)c1ccccc1. The molecule has 0 unspecified atom stereocenters. The standard InChI is InChI=1S/C26H34FN5O3S/c1-21-25(20-31(13-8-18-35-3)36(33,34)24-11-5-4-6-12-24)26(30-16-14-29(2)15-17-30)32(28-21)23-10-7-9-22(27)19-23/h4-7,9-12,19H,8,13-18,20H2,1-3H3. The number of methoxy groups -OCH3 is 1. The third-order valence-electron chi connectivity index (χ3n) is 6.48. The van der Waals surface area contributed by atoms with E-state index in [1.54, 1.807) is 48.2 Å². The van der Waals surface area contributed by atoms with Crippen molar-refractivity contribution >= 4 is 15.8 Å². The number of sulfonamides is 1. The van der Waals surface area contributed by atoms with Crippen molar-refractivity contribution in [1.29, 1.82) is 0 Å². The first kappa shape index (κ1) is 26.3. The maximum Gasteiger partial charge on any atom is 0.243 e. The maximum absolute atomic E-state index is 14.2. The summed E-state index contributed by atoms with van der Waals surface area (Å²) >= 11 is 0. The largest absolute Gasteiger partial charge is 0.385 e. The van der Waals surface area contributed by atoms with Crippen molar-refractivity contribution < 1.29 is 17.5 Å². The Kier molecular flexibility index (Phi) is 8.40. The van der Waals surface area contributed by atoms with Gasteiger partial charge in [0.15, 0.2) is 0 Å². The van der Waals surface area contributed by atoms with Gasteiger partial charge in [0.05, 0.1) is 16.3 Å².